The normalized spacial score (nSPS) is 13.0. The van der Waals surface area contributed by atoms with Gasteiger partial charge in [0.25, 0.3) is 0 Å². The molecule has 1 atom stereocenters. The average Bonchev–Trinajstić information content (AvgIpc) is 2.62. The summed E-state index contributed by atoms with van der Waals surface area (Å²) in [5, 5.41) is 9.09. The van der Waals surface area contributed by atoms with Crippen molar-refractivity contribution in [3.8, 4) is 5.75 Å². The van der Waals surface area contributed by atoms with Crippen molar-refractivity contribution in [1.29, 1.82) is 0 Å². The van der Waals surface area contributed by atoms with Crippen LogP contribution in [0.1, 0.15) is 6.92 Å². The lowest BCUT2D eigenvalue weighted by molar-refractivity contribution is 0.123. The summed E-state index contributed by atoms with van der Waals surface area (Å²) >= 11 is 1.58. The largest absolute Gasteiger partial charge is 0.489 e. The summed E-state index contributed by atoms with van der Waals surface area (Å²) in [5.74, 6) is 0.740. The standard InChI is InChI=1S/C10H11NO2S/c1-7(12)5-13-8-3-2-4-9-10(8)11-6-14-9/h2-4,6-7,12H,5H2,1H3. The molecule has 0 saturated carbocycles. The van der Waals surface area contributed by atoms with E-state index >= 15 is 0 Å². The Balaban J connectivity index is 2.27. The second-order valence-corrected chi connectivity index (χ2v) is 4.00. The minimum atomic E-state index is -0.455. The maximum absolute atomic E-state index is 9.09. The highest BCUT2D eigenvalue weighted by atomic mass is 32.1. The predicted molar refractivity (Wildman–Crippen MR) is 56.8 cm³/mol. The molecule has 1 aromatic carbocycles. The Morgan fingerprint density at radius 2 is 2.43 bits per heavy atom. The van der Waals surface area contributed by atoms with Gasteiger partial charge in [0, 0.05) is 0 Å². The van der Waals surface area contributed by atoms with E-state index < -0.39 is 6.10 Å². The van der Waals surface area contributed by atoms with Gasteiger partial charge in [-0.2, -0.15) is 0 Å². The first-order valence-electron chi connectivity index (χ1n) is 4.40. The number of aliphatic hydroxyl groups is 1. The highest BCUT2D eigenvalue weighted by molar-refractivity contribution is 7.16. The molecule has 2 aromatic rings. The van der Waals surface area contributed by atoms with Crippen LogP contribution < -0.4 is 4.74 Å². The number of rotatable bonds is 3. The molecule has 0 amide bonds. The van der Waals surface area contributed by atoms with E-state index in [1.807, 2.05) is 18.2 Å². The molecule has 74 valence electrons. The van der Waals surface area contributed by atoms with Crippen LogP contribution in [0.4, 0.5) is 0 Å². The summed E-state index contributed by atoms with van der Waals surface area (Å²) in [4.78, 5) is 4.21. The quantitative estimate of drug-likeness (QED) is 0.841. The van der Waals surface area contributed by atoms with Crippen molar-refractivity contribution in [2.24, 2.45) is 0 Å². The fraction of sp³-hybridized carbons (Fsp3) is 0.300. The molecule has 1 N–H and O–H groups in total. The molecule has 0 bridgehead atoms. The van der Waals surface area contributed by atoms with E-state index in [1.165, 1.54) is 0 Å². The van der Waals surface area contributed by atoms with Crippen molar-refractivity contribution in [1.82, 2.24) is 4.98 Å². The van der Waals surface area contributed by atoms with Crippen LogP contribution in [0, 0.1) is 0 Å². The van der Waals surface area contributed by atoms with Crippen LogP contribution in [0.25, 0.3) is 10.2 Å². The van der Waals surface area contributed by atoms with Crippen molar-refractivity contribution in [3.05, 3.63) is 23.7 Å². The number of hydrogen-bond donors (Lipinski definition) is 1. The van der Waals surface area contributed by atoms with Gasteiger partial charge in [0.2, 0.25) is 0 Å². The Hall–Kier alpha value is -1.13. The lowest BCUT2D eigenvalue weighted by Crippen LogP contribution is -2.12. The van der Waals surface area contributed by atoms with E-state index in [0.717, 1.165) is 16.0 Å². The summed E-state index contributed by atoms with van der Waals surface area (Å²) in [6, 6.07) is 5.80. The van der Waals surface area contributed by atoms with E-state index in [-0.39, 0.29) is 0 Å². The van der Waals surface area contributed by atoms with Crippen LogP contribution in [0.5, 0.6) is 5.75 Å². The van der Waals surface area contributed by atoms with Gasteiger partial charge in [0.15, 0.2) is 0 Å². The number of benzene rings is 1. The Morgan fingerprint density at radius 3 is 3.21 bits per heavy atom. The minimum absolute atomic E-state index is 0.302. The third kappa shape index (κ3) is 1.86. The predicted octanol–water partition coefficient (Wildman–Crippen LogP) is 2.06. The number of thiazole rings is 1. The zero-order valence-electron chi connectivity index (χ0n) is 7.80. The van der Waals surface area contributed by atoms with Gasteiger partial charge >= 0.3 is 0 Å². The van der Waals surface area contributed by atoms with Gasteiger partial charge in [-0.25, -0.2) is 4.98 Å². The summed E-state index contributed by atoms with van der Waals surface area (Å²) in [6.07, 6.45) is -0.455. The second kappa shape index (κ2) is 3.94. The summed E-state index contributed by atoms with van der Waals surface area (Å²) in [6.45, 7) is 2.00. The summed E-state index contributed by atoms with van der Waals surface area (Å²) < 4.78 is 6.54. The third-order valence-corrected chi connectivity index (χ3v) is 2.60. The maximum Gasteiger partial charge on any atom is 0.146 e. The van der Waals surface area contributed by atoms with Gasteiger partial charge in [-0.15, -0.1) is 11.3 Å². The van der Waals surface area contributed by atoms with Crippen LogP contribution >= 0.6 is 11.3 Å². The van der Waals surface area contributed by atoms with E-state index in [1.54, 1.807) is 23.8 Å². The first kappa shape index (κ1) is 9.43. The number of ether oxygens (including phenoxy) is 1. The molecule has 0 spiro atoms. The first-order valence-corrected chi connectivity index (χ1v) is 5.28. The Kier molecular flexibility index (Phi) is 2.65. The number of aliphatic hydroxyl groups excluding tert-OH is 1. The number of nitrogens with zero attached hydrogens (tertiary/aromatic N) is 1. The van der Waals surface area contributed by atoms with Gasteiger partial charge in [-0.05, 0) is 19.1 Å². The van der Waals surface area contributed by atoms with Gasteiger partial charge < -0.3 is 9.84 Å². The van der Waals surface area contributed by atoms with E-state index in [0.29, 0.717) is 6.61 Å². The Labute approximate surface area is 86.0 Å². The molecule has 1 heterocycles. The molecular weight excluding hydrogens is 198 g/mol. The smallest absolute Gasteiger partial charge is 0.146 e. The topological polar surface area (TPSA) is 42.4 Å². The van der Waals surface area contributed by atoms with Crippen molar-refractivity contribution in [2.75, 3.05) is 6.61 Å². The molecule has 14 heavy (non-hydrogen) atoms. The lowest BCUT2D eigenvalue weighted by atomic mass is 10.3. The first-order chi connectivity index (χ1) is 6.77. The molecular formula is C10H11NO2S. The van der Waals surface area contributed by atoms with Crippen LogP contribution in [0.15, 0.2) is 23.7 Å². The number of fused-ring (bicyclic) bond motifs is 1. The van der Waals surface area contributed by atoms with Crippen LogP contribution in [-0.2, 0) is 0 Å². The SMILES string of the molecule is CC(O)COc1cccc2scnc12. The van der Waals surface area contributed by atoms with Crippen LogP contribution in [-0.4, -0.2) is 22.8 Å². The molecule has 0 fully saturated rings. The average molecular weight is 209 g/mol. The van der Waals surface area contributed by atoms with Crippen LogP contribution in [0.2, 0.25) is 0 Å². The van der Waals surface area contributed by atoms with Crippen molar-refractivity contribution in [2.45, 2.75) is 13.0 Å². The molecule has 1 aromatic heterocycles. The third-order valence-electron chi connectivity index (χ3n) is 1.80. The molecule has 2 rings (SSSR count). The summed E-state index contributed by atoms with van der Waals surface area (Å²) in [5.41, 5.74) is 2.66. The molecule has 4 heteroatoms. The van der Waals surface area contributed by atoms with Gasteiger partial charge in [-0.3, -0.25) is 0 Å². The number of para-hydroxylation sites is 1. The molecule has 3 nitrogen and oxygen atoms in total. The highest BCUT2D eigenvalue weighted by Gasteiger charge is 2.05. The van der Waals surface area contributed by atoms with Crippen LogP contribution in [0.3, 0.4) is 0 Å². The number of aromatic nitrogens is 1. The zero-order valence-corrected chi connectivity index (χ0v) is 8.62. The van der Waals surface area contributed by atoms with Gasteiger partial charge in [0.1, 0.15) is 17.9 Å². The minimum Gasteiger partial charge on any atom is -0.489 e. The molecule has 0 aliphatic rings. The monoisotopic (exact) mass is 209 g/mol. The van der Waals surface area contributed by atoms with Gasteiger partial charge in [0.05, 0.1) is 16.3 Å². The van der Waals surface area contributed by atoms with E-state index in [9.17, 15) is 0 Å². The fourth-order valence-corrected chi connectivity index (χ4v) is 1.88. The summed E-state index contributed by atoms with van der Waals surface area (Å²) in [7, 11) is 0. The number of hydrogen-bond acceptors (Lipinski definition) is 4. The highest BCUT2D eigenvalue weighted by Crippen LogP contribution is 2.26. The zero-order chi connectivity index (χ0) is 9.97. The van der Waals surface area contributed by atoms with Crippen molar-refractivity contribution in [3.63, 3.8) is 0 Å². The van der Waals surface area contributed by atoms with Crippen molar-refractivity contribution < 1.29 is 9.84 Å². The Bertz CT molecular complexity index is 425. The molecule has 0 radical (unpaired) electrons. The Morgan fingerprint density at radius 1 is 1.57 bits per heavy atom. The molecule has 1 unspecified atom stereocenters. The molecule has 0 saturated heterocycles. The maximum atomic E-state index is 9.09. The van der Waals surface area contributed by atoms with E-state index in [2.05, 4.69) is 4.98 Å². The molecule has 0 aliphatic carbocycles. The van der Waals surface area contributed by atoms with Gasteiger partial charge in [-0.1, -0.05) is 6.07 Å². The van der Waals surface area contributed by atoms with Crippen molar-refractivity contribution >= 4 is 21.6 Å². The second-order valence-electron chi connectivity index (χ2n) is 3.12. The lowest BCUT2D eigenvalue weighted by Gasteiger charge is -2.07. The fourth-order valence-electron chi connectivity index (χ4n) is 1.19. The van der Waals surface area contributed by atoms with E-state index in [4.69, 9.17) is 9.84 Å². The molecule has 0 aliphatic heterocycles.